The van der Waals surface area contributed by atoms with Crippen LogP contribution in [0.15, 0.2) is 71.9 Å². The zero-order chi connectivity index (χ0) is 17.5. The summed E-state index contributed by atoms with van der Waals surface area (Å²) >= 11 is 1.42. The maximum Gasteiger partial charge on any atom is 0.234 e. The fraction of sp³-hybridized carbons (Fsp3) is 0.158. The molecule has 0 spiro atoms. The predicted molar refractivity (Wildman–Crippen MR) is 103 cm³/mol. The van der Waals surface area contributed by atoms with Crippen LogP contribution in [0.1, 0.15) is 5.56 Å². The summed E-state index contributed by atoms with van der Waals surface area (Å²) in [6, 6.07) is 17.8. The van der Waals surface area contributed by atoms with Crippen LogP contribution in [0.25, 0.3) is 0 Å². The van der Waals surface area contributed by atoms with Crippen LogP contribution >= 0.6 is 11.8 Å². The number of amides is 1. The van der Waals surface area contributed by atoms with Crippen molar-refractivity contribution in [2.45, 2.75) is 17.9 Å². The van der Waals surface area contributed by atoms with Crippen LogP contribution in [-0.4, -0.2) is 21.4 Å². The Bertz CT molecular complexity index is 832. The van der Waals surface area contributed by atoms with E-state index in [0.717, 1.165) is 17.9 Å². The van der Waals surface area contributed by atoms with Crippen LogP contribution in [0.5, 0.6) is 0 Å². The molecule has 0 saturated heterocycles. The zero-order valence-electron chi connectivity index (χ0n) is 13.8. The van der Waals surface area contributed by atoms with Gasteiger partial charge in [0.05, 0.1) is 17.6 Å². The third-order valence-corrected chi connectivity index (χ3v) is 4.76. The van der Waals surface area contributed by atoms with Crippen molar-refractivity contribution in [2.24, 2.45) is 0 Å². The van der Waals surface area contributed by atoms with Crippen molar-refractivity contribution in [3.8, 4) is 0 Å². The SMILES string of the molecule is Nc1ccccc1SCC(=O)Nc1cnn(CCc2ccccc2)c1. The van der Waals surface area contributed by atoms with E-state index in [4.69, 9.17) is 5.73 Å². The monoisotopic (exact) mass is 352 g/mol. The van der Waals surface area contributed by atoms with Crippen molar-refractivity contribution in [2.75, 3.05) is 16.8 Å². The lowest BCUT2D eigenvalue weighted by Gasteiger charge is -2.05. The van der Waals surface area contributed by atoms with Crippen LogP contribution < -0.4 is 11.1 Å². The number of para-hydroxylation sites is 1. The van der Waals surface area contributed by atoms with Gasteiger partial charge in [0.25, 0.3) is 0 Å². The number of benzene rings is 2. The van der Waals surface area contributed by atoms with E-state index in [9.17, 15) is 4.79 Å². The third-order valence-electron chi connectivity index (χ3n) is 3.67. The Morgan fingerprint density at radius 3 is 2.68 bits per heavy atom. The minimum Gasteiger partial charge on any atom is -0.398 e. The molecule has 0 fully saturated rings. The number of thioether (sulfide) groups is 1. The molecule has 3 aromatic rings. The molecule has 6 heteroatoms. The Balaban J connectivity index is 1.47. The molecule has 3 rings (SSSR count). The Hall–Kier alpha value is -2.73. The lowest BCUT2D eigenvalue weighted by molar-refractivity contribution is -0.113. The van der Waals surface area contributed by atoms with Gasteiger partial charge in [0.15, 0.2) is 0 Å². The van der Waals surface area contributed by atoms with Gasteiger partial charge in [0, 0.05) is 23.3 Å². The standard InChI is InChI=1S/C19H20N4OS/c20-17-8-4-5-9-18(17)25-14-19(24)22-16-12-21-23(13-16)11-10-15-6-2-1-3-7-15/h1-9,12-13H,10-11,14,20H2,(H,22,24). The van der Waals surface area contributed by atoms with E-state index in [1.54, 1.807) is 6.20 Å². The summed E-state index contributed by atoms with van der Waals surface area (Å²) in [6.07, 6.45) is 4.42. The van der Waals surface area contributed by atoms with Crippen molar-refractivity contribution in [1.29, 1.82) is 0 Å². The van der Waals surface area contributed by atoms with Crippen molar-refractivity contribution in [3.63, 3.8) is 0 Å². The molecular formula is C19H20N4OS. The number of aryl methyl sites for hydroxylation is 2. The number of rotatable bonds is 7. The Morgan fingerprint density at radius 2 is 1.88 bits per heavy atom. The highest BCUT2D eigenvalue weighted by molar-refractivity contribution is 8.00. The second-order valence-electron chi connectivity index (χ2n) is 5.60. The van der Waals surface area contributed by atoms with Gasteiger partial charge in [-0.2, -0.15) is 5.10 Å². The van der Waals surface area contributed by atoms with Crippen molar-refractivity contribution >= 4 is 29.0 Å². The molecule has 0 atom stereocenters. The quantitative estimate of drug-likeness (QED) is 0.505. The number of hydrogen-bond acceptors (Lipinski definition) is 4. The van der Waals surface area contributed by atoms with Crippen LogP contribution in [-0.2, 0) is 17.8 Å². The van der Waals surface area contributed by atoms with E-state index in [1.807, 2.05) is 53.3 Å². The second kappa shape index (κ2) is 8.39. The molecule has 1 heterocycles. The van der Waals surface area contributed by atoms with E-state index in [1.165, 1.54) is 17.3 Å². The van der Waals surface area contributed by atoms with E-state index in [0.29, 0.717) is 17.1 Å². The topological polar surface area (TPSA) is 72.9 Å². The first-order valence-corrected chi connectivity index (χ1v) is 9.03. The molecule has 1 amide bonds. The van der Waals surface area contributed by atoms with Crippen molar-refractivity contribution < 1.29 is 4.79 Å². The highest BCUT2D eigenvalue weighted by atomic mass is 32.2. The summed E-state index contributed by atoms with van der Waals surface area (Å²) in [7, 11) is 0. The molecule has 5 nitrogen and oxygen atoms in total. The predicted octanol–water partition coefficient (Wildman–Crippen LogP) is 3.44. The molecule has 0 radical (unpaired) electrons. The fourth-order valence-electron chi connectivity index (χ4n) is 2.39. The second-order valence-corrected chi connectivity index (χ2v) is 6.62. The Kier molecular flexibility index (Phi) is 5.74. The first-order valence-electron chi connectivity index (χ1n) is 8.04. The molecule has 1 aromatic heterocycles. The smallest absolute Gasteiger partial charge is 0.234 e. The van der Waals surface area contributed by atoms with Gasteiger partial charge in [-0.1, -0.05) is 42.5 Å². The van der Waals surface area contributed by atoms with Gasteiger partial charge in [-0.15, -0.1) is 11.8 Å². The van der Waals surface area contributed by atoms with E-state index in [2.05, 4.69) is 22.5 Å². The molecule has 3 N–H and O–H groups in total. The Labute approximate surface area is 151 Å². The number of carbonyl (C=O) groups excluding carboxylic acids is 1. The molecule has 0 aliphatic rings. The maximum absolute atomic E-state index is 12.1. The summed E-state index contributed by atoms with van der Waals surface area (Å²) in [5, 5.41) is 7.16. The number of nitrogens with two attached hydrogens (primary N) is 1. The lowest BCUT2D eigenvalue weighted by atomic mass is 10.1. The van der Waals surface area contributed by atoms with Gasteiger partial charge in [-0.3, -0.25) is 9.48 Å². The normalized spacial score (nSPS) is 10.6. The summed E-state index contributed by atoms with van der Waals surface area (Å²) in [5.74, 6) is 0.236. The maximum atomic E-state index is 12.1. The van der Waals surface area contributed by atoms with E-state index < -0.39 is 0 Å². The summed E-state index contributed by atoms with van der Waals surface area (Å²) in [5.41, 5.74) is 8.54. The average Bonchev–Trinajstić information content (AvgIpc) is 3.07. The molecule has 0 bridgehead atoms. The summed E-state index contributed by atoms with van der Waals surface area (Å²) in [4.78, 5) is 13.0. The van der Waals surface area contributed by atoms with Crippen molar-refractivity contribution in [1.82, 2.24) is 9.78 Å². The number of hydrogen-bond donors (Lipinski definition) is 2. The largest absolute Gasteiger partial charge is 0.398 e. The van der Waals surface area contributed by atoms with Crippen molar-refractivity contribution in [3.05, 3.63) is 72.6 Å². The lowest BCUT2D eigenvalue weighted by Crippen LogP contribution is -2.13. The third kappa shape index (κ3) is 5.12. The molecule has 0 aliphatic heterocycles. The van der Waals surface area contributed by atoms with Crippen LogP contribution in [0.2, 0.25) is 0 Å². The van der Waals surface area contributed by atoms with E-state index >= 15 is 0 Å². The minimum absolute atomic E-state index is 0.0733. The molecule has 25 heavy (non-hydrogen) atoms. The van der Waals surface area contributed by atoms with Gasteiger partial charge in [0.1, 0.15) is 0 Å². The highest BCUT2D eigenvalue weighted by Gasteiger charge is 2.07. The van der Waals surface area contributed by atoms with Crippen LogP contribution in [0.3, 0.4) is 0 Å². The first-order chi connectivity index (χ1) is 12.2. The summed E-state index contributed by atoms with van der Waals surface area (Å²) < 4.78 is 1.84. The van der Waals surface area contributed by atoms with Crippen LogP contribution in [0, 0.1) is 0 Å². The molecule has 128 valence electrons. The van der Waals surface area contributed by atoms with Crippen LogP contribution in [0.4, 0.5) is 11.4 Å². The highest BCUT2D eigenvalue weighted by Crippen LogP contribution is 2.24. The minimum atomic E-state index is -0.0733. The zero-order valence-corrected chi connectivity index (χ0v) is 14.6. The molecular weight excluding hydrogens is 332 g/mol. The van der Waals surface area contributed by atoms with Gasteiger partial charge in [0.2, 0.25) is 5.91 Å². The number of aromatic nitrogens is 2. The molecule has 0 unspecified atom stereocenters. The fourth-order valence-corrected chi connectivity index (χ4v) is 3.16. The molecule has 0 aliphatic carbocycles. The average molecular weight is 352 g/mol. The molecule has 2 aromatic carbocycles. The van der Waals surface area contributed by atoms with E-state index in [-0.39, 0.29) is 5.91 Å². The Morgan fingerprint density at radius 1 is 1.12 bits per heavy atom. The van der Waals surface area contributed by atoms with Gasteiger partial charge >= 0.3 is 0 Å². The number of carbonyl (C=O) groups is 1. The number of anilines is 2. The number of nitrogens with one attached hydrogen (secondary N) is 1. The van der Waals surface area contributed by atoms with Gasteiger partial charge in [-0.05, 0) is 24.1 Å². The first kappa shape index (κ1) is 17.1. The molecule has 0 saturated carbocycles. The van der Waals surface area contributed by atoms with Gasteiger partial charge in [-0.25, -0.2) is 0 Å². The van der Waals surface area contributed by atoms with Gasteiger partial charge < -0.3 is 11.1 Å². The number of nitrogens with zero attached hydrogens (tertiary/aromatic N) is 2. The number of nitrogen functional groups attached to an aromatic ring is 1. The summed E-state index contributed by atoms with van der Waals surface area (Å²) in [6.45, 7) is 0.773.